The van der Waals surface area contributed by atoms with Gasteiger partial charge in [-0.2, -0.15) is 0 Å². The molecular weight excluding hydrogens is 601 g/mol. The van der Waals surface area contributed by atoms with E-state index in [0.29, 0.717) is 0 Å². The summed E-state index contributed by atoms with van der Waals surface area (Å²) in [6, 6.07) is 66.8. The van der Waals surface area contributed by atoms with E-state index in [1.54, 1.807) is 0 Å². The molecule has 0 radical (unpaired) electrons. The molecule has 0 nitrogen and oxygen atoms in total. The maximum Gasteiger partial charge on any atom is -0.00210 e. The summed E-state index contributed by atoms with van der Waals surface area (Å²) >= 11 is 0. The van der Waals surface area contributed by atoms with Crippen molar-refractivity contribution in [2.24, 2.45) is 0 Å². The first kappa shape index (κ1) is 29.9. The van der Waals surface area contributed by atoms with Gasteiger partial charge in [-0.3, -0.25) is 0 Å². The second-order valence-corrected chi connectivity index (χ2v) is 13.4. The third kappa shape index (κ3) is 5.18. The van der Waals surface area contributed by atoms with Crippen molar-refractivity contribution < 1.29 is 0 Å². The molecule has 0 fully saturated rings. The Hall–Kier alpha value is -6.24. The van der Waals surface area contributed by atoms with Gasteiger partial charge in [0.15, 0.2) is 0 Å². The maximum atomic E-state index is 2.38. The summed E-state index contributed by atoms with van der Waals surface area (Å²) in [6.45, 7) is 4.47. The van der Waals surface area contributed by atoms with E-state index < -0.39 is 0 Å². The number of hydrogen-bond donors (Lipinski definition) is 0. The third-order valence-corrected chi connectivity index (χ3v) is 10.3. The smallest absolute Gasteiger partial charge is 0.00210 e. The molecule has 0 amide bonds. The third-order valence-electron chi connectivity index (χ3n) is 10.3. The van der Waals surface area contributed by atoms with E-state index in [2.05, 4.69) is 196 Å². The van der Waals surface area contributed by atoms with E-state index in [1.165, 1.54) is 99.1 Å². The molecule has 9 rings (SSSR count). The van der Waals surface area contributed by atoms with E-state index in [1.807, 2.05) is 0 Å². The van der Waals surface area contributed by atoms with Gasteiger partial charge in [-0.1, -0.05) is 152 Å². The van der Waals surface area contributed by atoms with Crippen LogP contribution in [0.25, 0.3) is 88.0 Å². The molecule has 0 atom stereocenters. The summed E-state index contributed by atoms with van der Waals surface area (Å²) in [5, 5.41) is 7.62. The quantitative estimate of drug-likeness (QED) is 0.165. The molecule has 0 unspecified atom stereocenters. The first-order chi connectivity index (χ1) is 24.6. The van der Waals surface area contributed by atoms with E-state index in [9.17, 15) is 0 Å². The highest BCUT2D eigenvalue weighted by Gasteiger charge is 2.19. The molecule has 0 saturated heterocycles. The van der Waals surface area contributed by atoms with Gasteiger partial charge in [0, 0.05) is 0 Å². The van der Waals surface area contributed by atoms with Crippen LogP contribution in [0, 0.1) is 13.8 Å². The van der Waals surface area contributed by atoms with Crippen molar-refractivity contribution in [3.05, 3.63) is 193 Å². The zero-order valence-corrected chi connectivity index (χ0v) is 28.3. The van der Waals surface area contributed by atoms with Crippen LogP contribution in [0.4, 0.5) is 0 Å². The topological polar surface area (TPSA) is 0 Å². The number of fused-ring (bicyclic) bond motifs is 3. The van der Waals surface area contributed by atoms with Crippen LogP contribution in [0.1, 0.15) is 11.1 Å². The molecule has 9 aromatic carbocycles. The number of rotatable bonds is 5. The Balaban J connectivity index is 1.21. The molecule has 0 saturated carbocycles. The van der Waals surface area contributed by atoms with E-state index in [-0.39, 0.29) is 0 Å². The molecule has 0 N–H and O–H groups in total. The molecule has 0 heteroatoms. The number of aryl methyl sites for hydroxylation is 2. The van der Waals surface area contributed by atoms with Crippen LogP contribution < -0.4 is 0 Å². The van der Waals surface area contributed by atoms with Crippen LogP contribution in [0.2, 0.25) is 0 Å². The summed E-state index contributed by atoms with van der Waals surface area (Å²) in [6.07, 6.45) is 0. The van der Waals surface area contributed by atoms with Gasteiger partial charge in [0.2, 0.25) is 0 Å². The van der Waals surface area contributed by atoms with Crippen LogP contribution in [0.3, 0.4) is 0 Å². The number of benzene rings is 9. The molecule has 236 valence electrons. The number of hydrogen-bond acceptors (Lipinski definition) is 0. The van der Waals surface area contributed by atoms with Gasteiger partial charge in [-0.15, -0.1) is 0 Å². The van der Waals surface area contributed by atoms with Crippen LogP contribution >= 0.6 is 0 Å². The summed E-state index contributed by atoms with van der Waals surface area (Å²) in [5.41, 5.74) is 15.1. The van der Waals surface area contributed by atoms with Crippen LogP contribution in [0.5, 0.6) is 0 Å². The normalized spacial score (nSPS) is 11.4. The van der Waals surface area contributed by atoms with Gasteiger partial charge in [0.25, 0.3) is 0 Å². The van der Waals surface area contributed by atoms with Gasteiger partial charge in [0.05, 0.1) is 0 Å². The summed E-state index contributed by atoms with van der Waals surface area (Å²) in [4.78, 5) is 0. The van der Waals surface area contributed by atoms with Crippen molar-refractivity contribution in [2.45, 2.75) is 13.8 Å². The van der Waals surface area contributed by atoms with Crippen molar-refractivity contribution in [1.29, 1.82) is 0 Å². The Bertz CT molecular complexity index is 2560. The van der Waals surface area contributed by atoms with E-state index in [0.717, 1.165) is 0 Å². The van der Waals surface area contributed by atoms with Crippen LogP contribution in [-0.4, -0.2) is 0 Å². The summed E-state index contributed by atoms with van der Waals surface area (Å²) < 4.78 is 0. The second-order valence-electron chi connectivity index (χ2n) is 13.4. The van der Waals surface area contributed by atoms with Crippen molar-refractivity contribution in [1.82, 2.24) is 0 Å². The molecule has 0 spiro atoms. The SMILES string of the molecule is Cc1cccc(C)c1-c1c2ccccc2c(-c2ccc3cc(-c4cc(-c5ccccc5)cc(-c5ccccc5)c4)ccc3c2)c2ccccc12. The van der Waals surface area contributed by atoms with Crippen LogP contribution in [-0.2, 0) is 0 Å². The Kier molecular flexibility index (Phi) is 7.37. The molecule has 0 aliphatic carbocycles. The Morgan fingerprint density at radius 3 is 1.14 bits per heavy atom. The standard InChI is InChI=1S/C50H36/c1-33-14-13-15-34(2)48(33)50-46-22-11-9-20-44(46)49(45-21-10-12-23-47(45)50)40-27-26-37-28-39(25-24-38(37)29-40)43-31-41(35-16-5-3-6-17-35)30-42(32-43)36-18-7-4-8-19-36/h3-32H,1-2H3. The molecule has 9 aromatic rings. The zero-order valence-electron chi connectivity index (χ0n) is 28.3. The van der Waals surface area contributed by atoms with Crippen molar-refractivity contribution in [3.63, 3.8) is 0 Å². The molecule has 0 aliphatic rings. The van der Waals surface area contributed by atoms with Gasteiger partial charge < -0.3 is 0 Å². The first-order valence-electron chi connectivity index (χ1n) is 17.4. The van der Waals surface area contributed by atoms with Gasteiger partial charge >= 0.3 is 0 Å². The monoisotopic (exact) mass is 636 g/mol. The Labute approximate surface area is 293 Å². The zero-order chi connectivity index (χ0) is 33.6. The fourth-order valence-electron chi connectivity index (χ4n) is 7.89. The minimum absolute atomic E-state index is 1.22. The molecule has 0 bridgehead atoms. The van der Waals surface area contributed by atoms with Crippen LogP contribution in [0.15, 0.2) is 182 Å². The van der Waals surface area contributed by atoms with Gasteiger partial charge in [-0.05, 0) is 143 Å². The van der Waals surface area contributed by atoms with Gasteiger partial charge in [-0.25, -0.2) is 0 Å². The fourth-order valence-corrected chi connectivity index (χ4v) is 7.89. The lowest BCUT2D eigenvalue weighted by Gasteiger charge is -2.20. The predicted molar refractivity (Wildman–Crippen MR) is 216 cm³/mol. The Morgan fingerprint density at radius 1 is 0.240 bits per heavy atom. The molecule has 0 aliphatic heterocycles. The van der Waals surface area contributed by atoms with Crippen molar-refractivity contribution >= 4 is 32.3 Å². The van der Waals surface area contributed by atoms with Crippen molar-refractivity contribution in [3.8, 4) is 55.6 Å². The lowest BCUT2D eigenvalue weighted by molar-refractivity contribution is 1.39. The highest BCUT2D eigenvalue weighted by atomic mass is 14.2. The molecule has 0 heterocycles. The molecule has 50 heavy (non-hydrogen) atoms. The fraction of sp³-hybridized carbons (Fsp3) is 0.0400. The van der Waals surface area contributed by atoms with E-state index >= 15 is 0 Å². The maximum absolute atomic E-state index is 2.38. The minimum atomic E-state index is 1.22. The van der Waals surface area contributed by atoms with Crippen molar-refractivity contribution in [2.75, 3.05) is 0 Å². The summed E-state index contributed by atoms with van der Waals surface area (Å²) in [5.74, 6) is 0. The highest BCUT2D eigenvalue weighted by Crippen LogP contribution is 2.45. The lowest BCUT2D eigenvalue weighted by atomic mass is 9.83. The molecule has 0 aromatic heterocycles. The average molecular weight is 637 g/mol. The Morgan fingerprint density at radius 2 is 0.640 bits per heavy atom. The average Bonchev–Trinajstić information content (AvgIpc) is 3.17. The lowest BCUT2D eigenvalue weighted by Crippen LogP contribution is -1.94. The largest absolute Gasteiger partial charge is 0.0622 e. The highest BCUT2D eigenvalue weighted by molar-refractivity contribution is 6.22. The van der Waals surface area contributed by atoms with Gasteiger partial charge in [0.1, 0.15) is 0 Å². The minimum Gasteiger partial charge on any atom is -0.0622 e. The van der Waals surface area contributed by atoms with E-state index in [4.69, 9.17) is 0 Å². The first-order valence-corrected chi connectivity index (χ1v) is 17.4. The summed E-state index contributed by atoms with van der Waals surface area (Å²) in [7, 11) is 0. The molecular formula is C50H36. The second kappa shape index (κ2) is 12.3. The predicted octanol–water partition coefficient (Wildman–Crippen LogP) is 14.1.